The van der Waals surface area contributed by atoms with Crippen LogP contribution in [0.1, 0.15) is 140 Å². The molecule has 0 atom stereocenters. The van der Waals surface area contributed by atoms with Crippen LogP contribution < -0.4 is 0 Å². The van der Waals surface area contributed by atoms with Crippen LogP contribution in [0.2, 0.25) is 0 Å². The van der Waals surface area contributed by atoms with Crippen molar-refractivity contribution in [3.8, 4) is 11.8 Å². The van der Waals surface area contributed by atoms with Gasteiger partial charge < -0.3 is 12.8 Å². The molecule has 10 rings (SSSR count). The number of benzene rings is 6. The first kappa shape index (κ1) is 48.3. The second-order valence-corrected chi connectivity index (χ2v) is 25.3. The third-order valence-electron chi connectivity index (χ3n) is 14.7. The topological polar surface area (TPSA) is 0 Å². The van der Waals surface area contributed by atoms with Gasteiger partial charge in [-0.05, 0) is 136 Å². The minimum Gasteiger partial charge on any atom is -0.366 e. The van der Waals surface area contributed by atoms with Crippen LogP contribution in [0.3, 0.4) is 0 Å². The molecular formula is C57H66Ag2P2+2. The molecule has 0 N–H and O–H groups in total. The van der Waals surface area contributed by atoms with Crippen molar-refractivity contribution < 1.29 is 44.8 Å². The van der Waals surface area contributed by atoms with Crippen LogP contribution in [-0.2, 0) is 44.8 Å². The molecule has 0 radical (unpaired) electrons. The largest absolute Gasteiger partial charge is 1.00 e. The molecular weight excluding hydrogens is 962 g/mol. The van der Waals surface area contributed by atoms with Crippen LogP contribution in [0.5, 0.6) is 0 Å². The fourth-order valence-electron chi connectivity index (χ4n) is 11.7. The summed E-state index contributed by atoms with van der Waals surface area (Å²) in [6.45, 7) is 0. The van der Waals surface area contributed by atoms with Crippen molar-refractivity contribution in [3.05, 3.63) is 133 Å². The molecule has 0 aromatic heterocycles. The van der Waals surface area contributed by atoms with Crippen LogP contribution in [-0.4, -0.2) is 28.5 Å². The Labute approximate surface area is 402 Å². The van der Waals surface area contributed by atoms with Crippen molar-refractivity contribution in [1.82, 2.24) is 0 Å². The van der Waals surface area contributed by atoms with Crippen LogP contribution >= 0.6 is 15.8 Å². The van der Waals surface area contributed by atoms with E-state index in [9.17, 15) is 0 Å². The van der Waals surface area contributed by atoms with Crippen LogP contribution in [0.15, 0.2) is 109 Å². The summed E-state index contributed by atoms with van der Waals surface area (Å²) in [5, 5.41) is 9.03. The smallest absolute Gasteiger partial charge is 0.366 e. The molecule has 324 valence electrons. The Kier molecular flexibility index (Phi) is 19.6. The molecule has 0 amide bonds. The summed E-state index contributed by atoms with van der Waals surface area (Å²) < 4.78 is 0. The molecule has 6 aromatic carbocycles. The molecule has 4 aliphatic rings. The second kappa shape index (κ2) is 24.8. The third kappa shape index (κ3) is 12.1. The van der Waals surface area contributed by atoms with Crippen molar-refractivity contribution in [3.63, 3.8) is 0 Å². The Morgan fingerprint density at radius 1 is 0.361 bits per heavy atom. The van der Waals surface area contributed by atoms with Gasteiger partial charge in [0.05, 0.1) is 22.6 Å². The average molecular weight is 1030 g/mol. The zero-order valence-corrected chi connectivity index (χ0v) is 41.1. The Morgan fingerprint density at radius 3 is 0.820 bits per heavy atom. The SMILES string of the molecule is C1CCC([PH+](C[PH+](C2CCCCC2)C2CCCCC2)C2CCCCC2)CC1.[Ag+].[Ag+].[C-]#Cc1c2ccccc2cc2ccccc12.[C-]#Cc1c2ccccc2cc2ccccc12. The zero-order chi connectivity index (χ0) is 40.2. The molecule has 0 nitrogen and oxygen atoms in total. The third-order valence-corrected chi connectivity index (χ3v) is 24.5. The van der Waals surface area contributed by atoms with Crippen LogP contribution in [0, 0.1) is 24.7 Å². The summed E-state index contributed by atoms with van der Waals surface area (Å²) in [6.07, 6.45) is 47.0. The number of fused-ring (bicyclic) bond motifs is 4. The van der Waals surface area contributed by atoms with Crippen molar-refractivity contribution in [1.29, 1.82) is 0 Å². The molecule has 6 aromatic rings. The van der Waals surface area contributed by atoms with Gasteiger partial charge in [0, 0.05) is 15.8 Å². The first-order chi connectivity index (χ1) is 29.2. The molecule has 0 heterocycles. The molecule has 61 heavy (non-hydrogen) atoms. The molecule has 4 fully saturated rings. The first-order valence-electron chi connectivity index (χ1n) is 23.6. The Bertz CT molecular complexity index is 2050. The van der Waals surface area contributed by atoms with Gasteiger partial charge in [-0.25, -0.2) is 0 Å². The van der Waals surface area contributed by atoms with Gasteiger partial charge in [-0.3, -0.25) is 11.8 Å². The predicted octanol–water partition coefficient (Wildman–Crippen LogP) is 16.6. The Balaban J connectivity index is 0.000000159. The molecule has 0 bridgehead atoms. The van der Waals surface area contributed by atoms with E-state index in [1.54, 1.807) is 128 Å². The van der Waals surface area contributed by atoms with E-state index in [4.69, 9.17) is 12.8 Å². The maximum Gasteiger partial charge on any atom is 1.00 e. The van der Waals surface area contributed by atoms with E-state index in [2.05, 4.69) is 48.2 Å². The minimum absolute atomic E-state index is 0. The number of hydrogen-bond donors (Lipinski definition) is 0. The van der Waals surface area contributed by atoms with Gasteiger partial charge in [0.25, 0.3) is 0 Å². The maximum absolute atomic E-state index is 7.46. The van der Waals surface area contributed by atoms with Crippen LogP contribution in [0.4, 0.5) is 0 Å². The van der Waals surface area contributed by atoms with Gasteiger partial charge in [0.1, 0.15) is 0 Å². The van der Waals surface area contributed by atoms with Gasteiger partial charge in [0.2, 0.25) is 0 Å². The summed E-state index contributed by atoms with van der Waals surface area (Å²) in [5.74, 6) is 6.99. The van der Waals surface area contributed by atoms with Gasteiger partial charge in [0.15, 0.2) is 5.90 Å². The van der Waals surface area contributed by atoms with E-state index < -0.39 is 0 Å². The van der Waals surface area contributed by atoms with Crippen molar-refractivity contribution in [2.75, 3.05) is 5.90 Å². The quantitative estimate of drug-likeness (QED) is 0.0513. The standard InChI is InChI=1S/C25H46P2.2C16H9.2Ag/c1-5-13-22(14-6-1)26(23-15-7-2-8-16-23)21-27(24-17-9-3-10-18-24)25-19-11-4-12-20-25;2*1-2-14-15-9-5-3-7-12(15)11-13-8-4-6-10-16(13)14;;/h22-25H,1-21H2;2*3-11H;;/q;2*-1;2*+1/p+2. The second-order valence-electron chi connectivity index (χ2n) is 18.3. The minimum atomic E-state index is -0.0959. The van der Waals surface area contributed by atoms with Gasteiger partial charge >= 0.3 is 44.8 Å². The fourth-order valence-corrected chi connectivity index (χ4v) is 24.1. The van der Waals surface area contributed by atoms with Gasteiger partial charge in [-0.15, -0.1) is 11.1 Å². The Morgan fingerprint density at radius 2 is 0.590 bits per heavy atom. The molecule has 0 saturated heterocycles. The fraction of sp³-hybridized carbons (Fsp3) is 0.439. The van der Waals surface area contributed by atoms with Crippen molar-refractivity contribution >= 4 is 58.9 Å². The Hall–Kier alpha value is -2.18. The molecule has 4 heteroatoms. The summed E-state index contributed by atoms with van der Waals surface area (Å²) in [5.41, 5.74) is 6.71. The number of rotatable bonds is 6. The van der Waals surface area contributed by atoms with Crippen molar-refractivity contribution in [2.45, 2.75) is 151 Å². The summed E-state index contributed by atoms with van der Waals surface area (Å²) in [4.78, 5) is 0. The molecule has 0 unspecified atom stereocenters. The van der Waals surface area contributed by atoms with E-state index in [1.807, 2.05) is 78.7 Å². The molecule has 4 aliphatic carbocycles. The summed E-state index contributed by atoms with van der Waals surface area (Å²) >= 11 is 0. The molecule has 0 spiro atoms. The van der Waals surface area contributed by atoms with E-state index in [-0.39, 0.29) is 60.6 Å². The zero-order valence-electron chi connectivity index (χ0n) is 36.2. The van der Waals surface area contributed by atoms with E-state index >= 15 is 0 Å². The monoisotopic (exact) mass is 1030 g/mol. The number of hydrogen-bond acceptors (Lipinski definition) is 0. The van der Waals surface area contributed by atoms with Crippen LogP contribution in [0.25, 0.3) is 43.1 Å². The summed E-state index contributed by atoms with van der Waals surface area (Å²) in [6, 6.07) is 36.8. The predicted molar refractivity (Wildman–Crippen MR) is 264 cm³/mol. The van der Waals surface area contributed by atoms with E-state index in [1.165, 1.54) is 22.6 Å². The van der Waals surface area contributed by atoms with Gasteiger partial charge in [-0.2, -0.15) is 0 Å². The van der Waals surface area contributed by atoms with Gasteiger partial charge in [-0.1, -0.05) is 144 Å². The average Bonchev–Trinajstić information content (AvgIpc) is 3.32. The summed E-state index contributed by atoms with van der Waals surface area (Å²) in [7, 11) is -0.192. The molecule has 4 saturated carbocycles. The normalized spacial score (nSPS) is 18.0. The molecule has 0 aliphatic heterocycles. The first-order valence-corrected chi connectivity index (χ1v) is 27.3. The van der Waals surface area contributed by atoms with Crippen molar-refractivity contribution in [2.24, 2.45) is 0 Å². The van der Waals surface area contributed by atoms with E-state index in [0.717, 1.165) is 54.2 Å². The van der Waals surface area contributed by atoms with E-state index in [0.29, 0.717) is 0 Å². The maximum atomic E-state index is 7.46.